The first-order valence-corrected chi connectivity index (χ1v) is 15.0. The molecule has 10 nitrogen and oxygen atoms in total. The lowest BCUT2D eigenvalue weighted by Crippen LogP contribution is -2.47. The Hall–Kier alpha value is -4.14. The number of thiophene rings is 1. The summed E-state index contributed by atoms with van der Waals surface area (Å²) < 4.78 is 53.0. The molecule has 1 saturated heterocycles. The van der Waals surface area contributed by atoms with E-state index in [4.69, 9.17) is 21.3 Å². The quantitative estimate of drug-likeness (QED) is 0.215. The molecule has 1 aliphatic heterocycles. The van der Waals surface area contributed by atoms with Crippen LogP contribution in [-0.2, 0) is 26.2 Å². The Bertz CT molecular complexity index is 1830. The summed E-state index contributed by atoms with van der Waals surface area (Å²) in [5.74, 6) is -3.10. The van der Waals surface area contributed by atoms with Crippen LogP contribution in [-0.4, -0.2) is 66.2 Å². The van der Waals surface area contributed by atoms with Gasteiger partial charge in [0.2, 0.25) is 0 Å². The van der Waals surface area contributed by atoms with Gasteiger partial charge >= 0.3 is 5.97 Å². The average Bonchev–Trinajstić information content (AvgIpc) is 3.70. The zero-order chi connectivity index (χ0) is 31.0. The van der Waals surface area contributed by atoms with Crippen LogP contribution in [0.15, 0.2) is 42.9 Å². The molecule has 0 bridgehead atoms. The van der Waals surface area contributed by atoms with Gasteiger partial charge in [-0.1, -0.05) is 17.7 Å². The van der Waals surface area contributed by atoms with Gasteiger partial charge in [-0.05, 0) is 25.1 Å². The van der Waals surface area contributed by atoms with E-state index in [2.05, 4.69) is 14.9 Å². The van der Waals surface area contributed by atoms with E-state index in [0.29, 0.717) is 44.1 Å². The van der Waals surface area contributed by atoms with Gasteiger partial charge in [0, 0.05) is 55.6 Å². The fourth-order valence-electron chi connectivity index (χ4n) is 5.16. The van der Waals surface area contributed by atoms with E-state index in [9.17, 15) is 23.1 Å². The number of aryl methyl sites for hydroxylation is 1. The molecule has 1 fully saturated rings. The third kappa shape index (κ3) is 6.10. The number of carboxylic acids is 1. The highest BCUT2D eigenvalue weighted by molar-refractivity contribution is 7.20. The number of carbonyl (C=O) groups is 1. The van der Waals surface area contributed by atoms with Crippen LogP contribution >= 0.6 is 22.9 Å². The Kier molecular flexibility index (Phi) is 8.47. The maximum Gasteiger partial charge on any atom is 0.346 e. The number of ether oxygens (including phenoxy) is 1. The lowest BCUT2D eigenvalue weighted by Gasteiger charge is -2.35. The topological polar surface area (TPSA) is 102 Å². The number of halogens is 4. The standard InChI is InChI=1S/C29H27ClF3N7O3S/c1-2-38-16-34-12-19(38)13-40-23-11-24(29(41)42)44-28(23)35-25(40)14-37-5-7-39(8-6-37)26-21(32)10-22(33)27(36-26)43-15-17-3-4-18(30)9-20(17)31/h3-4,9-12,16H,2,5-8,13-15H2,1H3,(H,41,42). The van der Waals surface area contributed by atoms with E-state index in [0.717, 1.165) is 47.0 Å². The maximum absolute atomic E-state index is 14.8. The Balaban J connectivity index is 1.16. The summed E-state index contributed by atoms with van der Waals surface area (Å²) in [7, 11) is 0. The number of benzene rings is 1. The summed E-state index contributed by atoms with van der Waals surface area (Å²) in [6.45, 7) is 5.31. The number of carboxylic acid groups (broad SMARTS) is 1. The molecule has 0 atom stereocenters. The third-order valence-corrected chi connectivity index (χ3v) is 8.73. The van der Waals surface area contributed by atoms with Gasteiger partial charge in [-0.2, -0.15) is 4.98 Å². The monoisotopic (exact) mass is 645 g/mol. The van der Waals surface area contributed by atoms with Crippen LogP contribution in [0.1, 0.15) is 33.7 Å². The first-order valence-electron chi connectivity index (χ1n) is 13.8. The number of pyridine rings is 1. The summed E-state index contributed by atoms with van der Waals surface area (Å²) >= 11 is 6.92. The number of imidazole rings is 2. The van der Waals surface area contributed by atoms with Crippen LogP contribution < -0.4 is 9.64 Å². The molecule has 15 heteroatoms. The zero-order valence-electron chi connectivity index (χ0n) is 23.5. The fraction of sp³-hybridized carbons (Fsp3) is 0.310. The van der Waals surface area contributed by atoms with Crippen LogP contribution in [0.4, 0.5) is 19.0 Å². The highest BCUT2D eigenvalue weighted by Gasteiger charge is 2.26. The molecule has 6 rings (SSSR count). The second-order valence-corrected chi connectivity index (χ2v) is 11.7. The largest absolute Gasteiger partial charge is 0.477 e. The van der Waals surface area contributed by atoms with E-state index >= 15 is 0 Å². The number of hydrogen-bond donors (Lipinski definition) is 1. The smallest absolute Gasteiger partial charge is 0.346 e. The van der Waals surface area contributed by atoms with E-state index < -0.39 is 29.3 Å². The molecule has 5 aromatic rings. The fourth-order valence-corrected chi connectivity index (χ4v) is 6.21. The maximum atomic E-state index is 14.8. The van der Waals surface area contributed by atoms with Gasteiger partial charge < -0.3 is 23.9 Å². The van der Waals surface area contributed by atoms with Crippen molar-refractivity contribution in [1.29, 1.82) is 0 Å². The van der Waals surface area contributed by atoms with Gasteiger partial charge in [0.1, 0.15) is 28.0 Å². The Morgan fingerprint density at radius 2 is 1.84 bits per heavy atom. The average molecular weight is 646 g/mol. The molecule has 1 aromatic carbocycles. The molecule has 0 saturated carbocycles. The van der Waals surface area contributed by atoms with Gasteiger partial charge in [-0.25, -0.2) is 27.9 Å². The van der Waals surface area contributed by atoms with Crippen molar-refractivity contribution in [3.8, 4) is 5.88 Å². The highest BCUT2D eigenvalue weighted by atomic mass is 35.5. The van der Waals surface area contributed by atoms with Crippen molar-refractivity contribution in [2.45, 2.75) is 33.2 Å². The Morgan fingerprint density at radius 1 is 1.05 bits per heavy atom. The van der Waals surface area contributed by atoms with Gasteiger partial charge in [-0.15, -0.1) is 11.3 Å². The molecule has 0 amide bonds. The van der Waals surface area contributed by atoms with Gasteiger partial charge in [0.15, 0.2) is 17.5 Å². The van der Waals surface area contributed by atoms with Crippen molar-refractivity contribution in [3.63, 3.8) is 0 Å². The number of hydrogen-bond acceptors (Lipinski definition) is 8. The Morgan fingerprint density at radius 3 is 2.57 bits per heavy atom. The summed E-state index contributed by atoms with van der Waals surface area (Å²) in [6.07, 6.45) is 3.55. The van der Waals surface area contributed by atoms with E-state index in [-0.39, 0.29) is 27.9 Å². The van der Waals surface area contributed by atoms with Crippen molar-refractivity contribution in [2.75, 3.05) is 31.1 Å². The number of aromatic carboxylic acids is 1. The third-order valence-electron chi connectivity index (χ3n) is 7.49. The SMILES string of the molecule is CCn1cncc1Cn1c(CN2CCN(c3nc(OCc4ccc(Cl)cc4F)c(F)cc3F)CC2)nc2sc(C(=O)O)cc21. The van der Waals surface area contributed by atoms with E-state index in [1.54, 1.807) is 23.5 Å². The zero-order valence-corrected chi connectivity index (χ0v) is 25.1. The minimum atomic E-state index is -0.997. The van der Waals surface area contributed by atoms with Crippen molar-refractivity contribution >= 4 is 45.1 Å². The van der Waals surface area contributed by atoms with Gasteiger partial charge in [0.05, 0.1) is 30.6 Å². The summed E-state index contributed by atoms with van der Waals surface area (Å²) in [6, 6.07) is 6.41. The van der Waals surface area contributed by atoms with Crippen molar-refractivity contribution < 1.29 is 27.8 Å². The molecular formula is C29H27ClF3N7O3S. The van der Waals surface area contributed by atoms with Crippen LogP contribution in [0, 0.1) is 17.5 Å². The van der Waals surface area contributed by atoms with E-state index in [1.807, 2.05) is 16.1 Å². The summed E-state index contributed by atoms with van der Waals surface area (Å²) in [5, 5.41) is 9.72. The molecule has 0 aliphatic carbocycles. The molecule has 0 spiro atoms. The number of nitrogens with zero attached hydrogens (tertiary/aromatic N) is 7. The first kappa shape index (κ1) is 29.9. The number of aromatic nitrogens is 5. The number of rotatable bonds is 10. The number of fused-ring (bicyclic) bond motifs is 1. The van der Waals surface area contributed by atoms with Crippen molar-refractivity contribution in [2.24, 2.45) is 0 Å². The minimum Gasteiger partial charge on any atom is -0.477 e. The first-order chi connectivity index (χ1) is 21.2. The van der Waals surface area contributed by atoms with Crippen LogP contribution in [0.25, 0.3) is 10.3 Å². The predicted molar refractivity (Wildman–Crippen MR) is 159 cm³/mol. The lowest BCUT2D eigenvalue weighted by atomic mass is 10.2. The minimum absolute atomic E-state index is 0.0475. The molecule has 1 N–H and O–H groups in total. The highest BCUT2D eigenvalue weighted by Crippen LogP contribution is 2.29. The molecule has 5 heterocycles. The Labute approximate surface area is 258 Å². The molecular weight excluding hydrogens is 619 g/mol. The molecule has 0 unspecified atom stereocenters. The predicted octanol–water partition coefficient (Wildman–Crippen LogP) is 5.43. The molecule has 1 aliphatic rings. The second kappa shape index (κ2) is 12.5. The molecule has 44 heavy (non-hydrogen) atoms. The molecule has 4 aromatic heterocycles. The van der Waals surface area contributed by atoms with Crippen LogP contribution in [0.3, 0.4) is 0 Å². The van der Waals surface area contributed by atoms with E-state index in [1.165, 1.54) is 12.1 Å². The molecule has 0 radical (unpaired) electrons. The molecule has 230 valence electrons. The van der Waals surface area contributed by atoms with Crippen LogP contribution in [0.2, 0.25) is 5.02 Å². The number of anilines is 1. The second-order valence-electron chi connectivity index (χ2n) is 10.3. The lowest BCUT2D eigenvalue weighted by molar-refractivity contribution is 0.0702. The normalized spacial score (nSPS) is 14.1. The summed E-state index contributed by atoms with van der Waals surface area (Å²) in [4.78, 5) is 29.5. The van der Waals surface area contributed by atoms with Crippen LogP contribution in [0.5, 0.6) is 5.88 Å². The van der Waals surface area contributed by atoms with Gasteiger partial charge in [0.25, 0.3) is 5.88 Å². The summed E-state index contributed by atoms with van der Waals surface area (Å²) in [5.41, 5.74) is 1.87. The number of piperazine rings is 1. The van der Waals surface area contributed by atoms with Gasteiger partial charge in [-0.3, -0.25) is 4.90 Å². The van der Waals surface area contributed by atoms with Crippen molar-refractivity contribution in [1.82, 2.24) is 29.0 Å². The van der Waals surface area contributed by atoms with Crippen molar-refractivity contribution in [3.05, 3.63) is 87.3 Å².